The Labute approximate surface area is 311 Å². The molecule has 0 atom stereocenters. The van der Waals surface area contributed by atoms with E-state index in [-0.39, 0.29) is 23.3 Å². The van der Waals surface area contributed by atoms with Crippen LogP contribution in [0.15, 0.2) is 66.9 Å². The van der Waals surface area contributed by atoms with Gasteiger partial charge in [0.2, 0.25) is 17.7 Å². The predicted molar refractivity (Wildman–Crippen MR) is 205 cm³/mol. The Kier molecular flexibility index (Phi) is 13.1. The molecule has 0 spiro atoms. The molecule has 2 amide bonds. The van der Waals surface area contributed by atoms with Gasteiger partial charge in [0.05, 0.1) is 26.9 Å². The number of carbonyl (C=O) groups excluding carboxylic acids is 2. The van der Waals surface area contributed by atoms with E-state index in [9.17, 15) is 9.59 Å². The van der Waals surface area contributed by atoms with Gasteiger partial charge < -0.3 is 39.4 Å². The molecule has 12 nitrogen and oxygen atoms in total. The number of piperidine rings is 1. The van der Waals surface area contributed by atoms with Gasteiger partial charge in [0.15, 0.2) is 11.5 Å². The minimum Gasteiger partial charge on any atom is -0.493 e. The molecule has 0 unspecified atom stereocenters. The van der Waals surface area contributed by atoms with Gasteiger partial charge in [0, 0.05) is 49.7 Å². The number of hydrogen-bond acceptors (Lipinski definition) is 10. The van der Waals surface area contributed by atoms with Crippen LogP contribution in [0.2, 0.25) is 0 Å². The number of para-hydroxylation sites is 1. The Balaban J connectivity index is 1.18. The molecule has 12 heteroatoms. The summed E-state index contributed by atoms with van der Waals surface area (Å²) >= 11 is 0. The van der Waals surface area contributed by atoms with Crippen molar-refractivity contribution in [2.24, 2.45) is 0 Å². The summed E-state index contributed by atoms with van der Waals surface area (Å²) in [7, 11) is 1.55. The summed E-state index contributed by atoms with van der Waals surface area (Å²) in [4.78, 5) is 40.0. The lowest BCUT2D eigenvalue weighted by Gasteiger charge is -2.26. The van der Waals surface area contributed by atoms with Crippen LogP contribution in [-0.2, 0) is 16.0 Å². The number of likely N-dealkylation sites (tertiary alicyclic amines) is 1. The monoisotopic (exact) mass is 722 g/mol. The van der Waals surface area contributed by atoms with Crippen molar-refractivity contribution in [3.63, 3.8) is 0 Å². The predicted octanol–water partition coefficient (Wildman–Crippen LogP) is 6.94. The number of hydrogen-bond donors (Lipinski definition) is 2. The third kappa shape index (κ3) is 10.5. The van der Waals surface area contributed by atoms with Gasteiger partial charge in [0.1, 0.15) is 11.3 Å². The lowest BCUT2D eigenvalue weighted by Crippen LogP contribution is -2.40. The lowest BCUT2D eigenvalue weighted by molar-refractivity contribution is -0.135. The second kappa shape index (κ2) is 18.5. The van der Waals surface area contributed by atoms with Crippen LogP contribution in [0.5, 0.6) is 23.1 Å². The highest BCUT2D eigenvalue weighted by Gasteiger charge is 2.21. The van der Waals surface area contributed by atoms with E-state index in [0.717, 1.165) is 41.1 Å². The van der Waals surface area contributed by atoms with Crippen LogP contribution in [0.1, 0.15) is 59.2 Å². The van der Waals surface area contributed by atoms with Crippen LogP contribution in [0.4, 0.5) is 17.3 Å². The molecule has 2 aliphatic rings. The van der Waals surface area contributed by atoms with E-state index in [4.69, 9.17) is 18.9 Å². The van der Waals surface area contributed by atoms with E-state index in [1.165, 1.54) is 38.5 Å². The van der Waals surface area contributed by atoms with Crippen LogP contribution in [0.25, 0.3) is 0 Å². The Morgan fingerprint density at radius 2 is 1.68 bits per heavy atom. The third-order valence-electron chi connectivity index (χ3n) is 9.57. The molecule has 1 aromatic heterocycles. The summed E-state index contributed by atoms with van der Waals surface area (Å²) in [5, 5.41) is 6.26. The second-order valence-corrected chi connectivity index (χ2v) is 13.5. The van der Waals surface area contributed by atoms with Crippen molar-refractivity contribution in [3.05, 3.63) is 89.1 Å². The number of carbonyl (C=O) groups is 2. The van der Waals surface area contributed by atoms with Crippen LogP contribution in [0.3, 0.4) is 0 Å². The summed E-state index contributed by atoms with van der Waals surface area (Å²) < 4.78 is 23.5. The van der Waals surface area contributed by atoms with Crippen molar-refractivity contribution >= 4 is 29.1 Å². The number of amides is 2. The number of aryl methyl sites for hydroxylation is 3. The minimum atomic E-state index is -0.416. The lowest BCUT2D eigenvalue weighted by atomic mass is 10.1. The van der Waals surface area contributed by atoms with Crippen molar-refractivity contribution in [1.29, 1.82) is 0 Å². The fraction of sp³-hybridized carbons (Fsp3) is 0.415. The topological polar surface area (TPSA) is 127 Å². The van der Waals surface area contributed by atoms with Gasteiger partial charge in [-0.3, -0.25) is 9.59 Å². The minimum absolute atomic E-state index is 0.0462. The van der Waals surface area contributed by atoms with Crippen molar-refractivity contribution in [2.75, 3.05) is 70.3 Å². The Hall–Kier alpha value is -5.20. The van der Waals surface area contributed by atoms with Crippen molar-refractivity contribution in [3.8, 4) is 23.1 Å². The average molecular weight is 723 g/mol. The van der Waals surface area contributed by atoms with Crippen molar-refractivity contribution < 1.29 is 28.5 Å². The molecule has 3 heterocycles. The zero-order chi connectivity index (χ0) is 37.0. The summed E-state index contributed by atoms with van der Waals surface area (Å²) in [5.74, 6) is 1.51. The number of nitrogens with one attached hydrogen (secondary N) is 2. The smallest absolute Gasteiger partial charge is 0.262 e. The summed E-state index contributed by atoms with van der Waals surface area (Å²) in [6.07, 6.45) is 7.21. The number of anilines is 3. The first-order valence-corrected chi connectivity index (χ1v) is 18.5. The maximum absolute atomic E-state index is 13.8. The summed E-state index contributed by atoms with van der Waals surface area (Å²) in [5.41, 5.74) is 4.36. The number of rotatable bonds is 15. The Morgan fingerprint density at radius 3 is 2.45 bits per heavy atom. The normalized spacial score (nSPS) is 14.7. The summed E-state index contributed by atoms with van der Waals surface area (Å²) in [6, 6.07) is 19.0. The Morgan fingerprint density at radius 1 is 0.906 bits per heavy atom. The number of ether oxygens (including phenoxy) is 4. The molecule has 53 heavy (non-hydrogen) atoms. The molecule has 3 aromatic carbocycles. The van der Waals surface area contributed by atoms with Crippen LogP contribution in [0, 0.1) is 13.8 Å². The maximum Gasteiger partial charge on any atom is 0.262 e. The summed E-state index contributed by atoms with van der Waals surface area (Å²) in [6.45, 7) is 10.3. The van der Waals surface area contributed by atoms with Crippen LogP contribution >= 0.6 is 0 Å². The molecule has 2 saturated heterocycles. The highest BCUT2D eigenvalue weighted by molar-refractivity contribution is 6.06. The highest BCUT2D eigenvalue weighted by Crippen LogP contribution is 2.35. The SMILES string of the molecule is COc1cc(CCC(=O)N2CCOCC2)ccc1Oc1nc(Nc2cccc(OCCCN3CCCCC3)c2)ncc1C(=O)Nc1c(C)cccc1C. The highest BCUT2D eigenvalue weighted by atomic mass is 16.5. The molecule has 4 aromatic rings. The molecule has 0 aliphatic carbocycles. The van der Waals surface area contributed by atoms with Crippen LogP contribution < -0.4 is 24.8 Å². The fourth-order valence-corrected chi connectivity index (χ4v) is 6.58. The standard InChI is InChI=1S/C41H50N6O6/c1-29-10-7-11-30(2)38(29)44-39(49)34-28-42-41(43-32-12-8-13-33(27-32)52-23-9-20-46-18-5-4-6-19-46)45-40(34)53-35-16-14-31(26-36(35)50-3)15-17-37(48)47-21-24-51-25-22-47/h7-8,10-14,16,26-28H,4-6,9,15,17-25H2,1-3H3,(H,44,49)(H,42,43,45). The number of morpholine rings is 1. The molecule has 6 rings (SSSR count). The number of aromatic nitrogens is 2. The molecule has 2 N–H and O–H groups in total. The second-order valence-electron chi connectivity index (χ2n) is 13.5. The van der Waals surface area contributed by atoms with Gasteiger partial charge in [-0.2, -0.15) is 4.98 Å². The van der Waals surface area contributed by atoms with Gasteiger partial charge in [0.25, 0.3) is 5.91 Å². The largest absolute Gasteiger partial charge is 0.493 e. The van der Waals surface area contributed by atoms with E-state index in [0.29, 0.717) is 62.9 Å². The average Bonchev–Trinajstić information content (AvgIpc) is 3.18. The number of methoxy groups -OCH3 is 1. The third-order valence-corrected chi connectivity index (χ3v) is 9.57. The zero-order valence-electron chi connectivity index (χ0n) is 31.0. The zero-order valence-corrected chi connectivity index (χ0v) is 31.0. The molecular formula is C41H50N6O6. The van der Waals surface area contributed by atoms with Gasteiger partial charge in [-0.25, -0.2) is 4.98 Å². The van der Waals surface area contributed by atoms with E-state index in [2.05, 4.69) is 25.5 Å². The van der Waals surface area contributed by atoms with E-state index in [1.54, 1.807) is 13.2 Å². The molecule has 2 fully saturated rings. The van der Waals surface area contributed by atoms with E-state index >= 15 is 0 Å². The van der Waals surface area contributed by atoms with Crippen molar-refractivity contribution in [1.82, 2.24) is 19.8 Å². The first-order chi connectivity index (χ1) is 25.9. The fourth-order valence-electron chi connectivity index (χ4n) is 6.58. The molecule has 2 aliphatic heterocycles. The number of benzene rings is 3. The van der Waals surface area contributed by atoms with Gasteiger partial charge >= 0.3 is 0 Å². The molecular weight excluding hydrogens is 672 g/mol. The van der Waals surface area contributed by atoms with E-state index < -0.39 is 5.91 Å². The molecule has 0 saturated carbocycles. The quantitative estimate of drug-likeness (QED) is 0.125. The van der Waals surface area contributed by atoms with E-state index in [1.807, 2.05) is 73.3 Å². The van der Waals surface area contributed by atoms with Crippen LogP contribution in [-0.4, -0.2) is 91.2 Å². The first-order valence-electron chi connectivity index (χ1n) is 18.5. The van der Waals surface area contributed by atoms with Gasteiger partial charge in [-0.1, -0.05) is 36.8 Å². The van der Waals surface area contributed by atoms with Crippen molar-refractivity contribution in [2.45, 2.75) is 52.4 Å². The maximum atomic E-state index is 13.8. The number of nitrogens with zero attached hydrogens (tertiary/aromatic N) is 4. The molecule has 0 radical (unpaired) electrons. The molecule has 0 bridgehead atoms. The Bertz CT molecular complexity index is 1840. The first kappa shape index (κ1) is 37.6. The molecule has 280 valence electrons. The van der Waals surface area contributed by atoms with Gasteiger partial charge in [-0.15, -0.1) is 0 Å². The van der Waals surface area contributed by atoms with Gasteiger partial charge in [-0.05, 0) is 93.6 Å².